The number of benzene rings is 2. The van der Waals surface area contributed by atoms with Crippen molar-refractivity contribution in [1.82, 2.24) is 0 Å². The number of carboxylic acid groups (broad SMARTS) is 1. The Balaban J connectivity index is 2.12. The molecule has 0 heterocycles. The molecule has 0 aliphatic carbocycles. The third-order valence-corrected chi connectivity index (χ3v) is 3.40. The molecule has 0 aliphatic heterocycles. The first-order valence-corrected chi connectivity index (χ1v) is 7.86. The Morgan fingerprint density at radius 1 is 1.12 bits per heavy atom. The standard InChI is InChI=1S/C19H21NO5/c1-12(2)25-16-7-5-4-6-13(16)10-18(21)20-14-8-9-15(19(22)23)17(11-14)24-3/h4-9,11-12H,10H2,1-3H3,(H,20,21)(H,22,23). The van der Waals surface area contributed by atoms with Gasteiger partial charge in [0, 0.05) is 17.3 Å². The van der Waals surface area contributed by atoms with Gasteiger partial charge in [0.15, 0.2) is 0 Å². The molecule has 2 rings (SSSR count). The highest BCUT2D eigenvalue weighted by Crippen LogP contribution is 2.24. The molecule has 6 heteroatoms. The molecular weight excluding hydrogens is 322 g/mol. The Labute approximate surface area is 146 Å². The lowest BCUT2D eigenvalue weighted by atomic mass is 10.1. The predicted molar refractivity (Wildman–Crippen MR) is 94.5 cm³/mol. The molecule has 1 amide bonds. The molecule has 0 bridgehead atoms. The monoisotopic (exact) mass is 343 g/mol. The molecule has 2 aromatic rings. The summed E-state index contributed by atoms with van der Waals surface area (Å²) in [7, 11) is 1.38. The van der Waals surface area contributed by atoms with Crippen LogP contribution in [0.3, 0.4) is 0 Å². The number of nitrogens with one attached hydrogen (secondary N) is 1. The lowest BCUT2D eigenvalue weighted by Gasteiger charge is -2.14. The minimum Gasteiger partial charge on any atom is -0.496 e. The van der Waals surface area contributed by atoms with Crippen molar-refractivity contribution in [1.29, 1.82) is 0 Å². The summed E-state index contributed by atoms with van der Waals surface area (Å²) in [4.78, 5) is 23.4. The summed E-state index contributed by atoms with van der Waals surface area (Å²) in [5, 5.41) is 11.8. The van der Waals surface area contributed by atoms with Gasteiger partial charge in [-0.15, -0.1) is 0 Å². The molecule has 6 nitrogen and oxygen atoms in total. The van der Waals surface area contributed by atoms with Crippen LogP contribution >= 0.6 is 0 Å². The number of anilines is 1. The van der Waals surface area contributed by atoms with Crippen LogP contribution < -0.4 is 14.8 Å². The Kier molecular flexibility index (Phi) is 6.00. The maximum Gasteiger partial charge on any atom is 0.339 e. The van der Waals surface area contributed by atoms with Gasteiger partial charge in [0.2, 0.25) is 5.91 Å². The van der Waals surface area contributed by atoms with Crippen LogP contribution in [0.5, 0.6) is 11.5 Å². The topological polar surface area (TPSA) is 84.9 Å². The minimum atomic E-state index is -1.09. The van der Waals surface area contributed by atoms with Crippen molar-refractivity contribution < 1.29 is 24.2 Å². The molecule has 0 saturated carbocycles. The van der Waals surface area contributed by atoms with E-state index in [0.29, 0.717) is 11.4 Å². The van der Waals surface area contributed by atoms with E-state index in [2.05, 4.69) is 5.32 Å². The zero-order valence-corrected chi connectivity index (χ0v) is 14.4. The van der Waals surface area contributed by atoms with Crippen molar-refractivity contribution >= 4 is 17.6 Å². The maximum atomic E-state index is 12.3. The number of ether oxygens (including phenoxy) is 2. The van der Waals surface area contributed by atoms with Gasteiger partial charge >= 0.3 is 5.97 Å². The van der Waals surface area contributed by atoms with Crippen molar-refractivity contribution in [2.24, 2.45) is 0 Å². The van der Waals surface area contributed by atoms with Crippen molar-refractivity contribution in [3.8, 4) is 11.5 Å². The van der Waals surface area contributed by atoms with Crippen molar-refractivity contribution in [2.75, 3.05) is 12.4 Å². The lowest BCUT2D eigenvalue weighted by Crippen LogP contribution is -2.16. The van der Waals surface area contributed by atoms with Crippen LogP contribution in [0.4, 0.5) is 5.69 Å². The maximum absolute atomic E-state index is 12.3. The fourth-order valence-electron chi connectivity index (χ4n) is 2.34. The zero-order valence-electron chi connectivity index (χ0n) is 14.4. The highest BCUT2D eigenvalue weighted by atomic mass is 16.5. The number of aromatic carboxylic acids is 1. The van der Waals surface area contributed by atoms with Crippen LogP contribution in [0.2, 0.25) is 0 Å². The van der Waals surface area contributed by atoms with Crippen LogP contribution in [0.15, 0.2) is 42.5 Å². The molecule has 2 N–H and O–H groups in total. The van der Waals surface area contributed by atoms with Gasteiger partial charge in [-0.2, -0.15) is 0 Å². The molecule has 0 saturated heterocycles. The Bertz CT molecular complexity index is 770. The number of rotatable bonds is 7. The average Bonchev–Trinajstić information content (AvgIpc) is 2.55. The van der Waals surface area contributed by atoms with E-state index in [1.54, 1.807) is 0 Å². The van der Waals surface area contributed by atoms with E-state index in [9.17, 15) is 9.59 Å². The van der Waals surface area contributed by atoms with Crippen LogP contribution in [0.1, 0.15) is 29.8 Å². The first-order valence-electron chi connectivity index (χ1n) is 7.86. The lowest BCUT2D eigenvalue weighted by molar-refractivity contribution is -0.115. The molecule has 0 radical (unpaired) electrons. The number of para-hydroxylation sites is 1. The van der Waals surface area contributed by atoms with Crippen molar-refractivity contribution in [2.45, 2.75) is 26.4 Å². The van der Waals surface area contributed by atoms with Gasteiger partial charge in [0.1, 0.15) is 17.1 Å². The summed E-state index contributed by atoms with van der Waals surface area (Å²) in [6.07, 6.45) is 0.156. The third-order valence-electron chi connectivity index (χ3n) is 3.40. The summed E-state index contributed by atoms with van der Waals surface area (Å²) in [5.74, 6) is -0.459. The quantitative estimate of drug-likeness (QED) is 0.805. The van der Waals surface area contributed by atoms with Crippen LogP contribution in [0.25, 0.3) is 0 Å². The zero-order chi connectivity index (χ0) is 18.4. The van der Waals surface area contributed by atoms with Crippen LogP contribution in [0, 0.1) is 0 Å². The highest BCUT2D eigenvalue weighted by Gasteiger charge is 2.14. The van der Waals surface area contributed by atoms with Gasteiger partial charge in [0.05, 0.1) is 19.6 Å². The van der Waals surface area contributed by atoms with E-state index >= 15 is 0 Å². The molecule has 0 aliphatic rings. The second-order valence-electron chi connectivity index (χ2n) is 5.72. The second kappa shape index (κ2) is 8.19. The van der Waals surface area contributed by atoms with Gasteiger partial charge in [-0.05, 0) is 32.0 Å². The average molecular weight is 343 g/mol. The molecule has 132 valence electrons. The summed E-state index contributed by atoms with van der Waals surface area (Å²) in [6.45, 7) is 3.85. The minimum absolute atomic E-state index is 0.0111. The Morgan fingerprint density at radius 3 is 2.48 bits per heavy atom. The molecule has 0 aromatic heterocycles. The number of hydrogen-bond donors (Lipinski definition) is 2. The summed E-state index contributed by atoms with van der Waals surface area (Å²) in [5.41, 5.74) is 1.29. The summed E-state index contributed by atoms with van der Waals surface area (Å²) < 4.78 is 10.8. The third kappa shape index (κ3) is 4.97. The Morgan fingerprint density at radius 2 is 1.84 bits per heavy atom. The molecule has 0 spiro atoms. The number of methoxy groups -OCH3 is 1. The fraction of sp³-hybridized carbons (Fsp3) is 0.263. The van der Waals surface area contributed by atoms with E-state index in [-0.39, 0.29) is 29.7 Å². The van der Waals surface area contributed by atoms with E-state index in [1.807, 2.05) is 38.1 Å². The highest BCUT2D eigenvalue weighted by molar-refractivity contribution is 5.95. The fourth-order valence-corrected chi connectivity index (χ4v) is 2.34. The molecule has 2 aromatic carbocycles. The summed E-state index contributed by atoms with van der Waals surface area (Å²) in [6, 6.07) is 11.8. The summed E-state index contributed by atoms with van der Waals surface area (Å²) >= 11 is 0. The normalized spacial score (nSPS) is 10.4. The Hall–Kier alpha value is -3.02. The number of hydrogen-bond acceptors (Lipinski definition) is 4. The van der Waals surface area contributed by atoms with Crippen molar-refractivity contribution in [3.63, 3.8) is 0 Å². The molecule has 25 heavy (non-hydrogen) atoms. The van der Waals surface area contributed by atoms with E-state index in [1.165, 1.54) is 25.3 Å². The van der Waals surface area contributed by atoms with Crippen LogP contribution in [-0.4, -0.2) is 30.2 Å². The first kappa shape index (κ1) is 18.3. The van der Waals surface area contributed by atoms with Gasteiger partial charge in [-0.25, -0.2) is 4.79 Å². The second-order valence-corrected chi connectivity index (χ2v) is 5.72. The molecule has 0 fully saturated rings. The molecule has 0 unspecified atom stereocenters. The van der Waals surface area contributed by atoms with Crippen LogP contribution in [-0.2, 0) is 11.2 Å². The number of amides is 1. The SMILES string of the molecule is COc1cc(NC(=O)Cc2ccccc2OC(C)C)ccc1C(=O)O. The number of carbonyl (C=O) groups excluding carboxylic acids is 1. The van der Waals surface area contributed by atoms with E-state index in [0.717, 1.165) is 5.56 Å². The van der Waals surface area contributed by atoms with Gasteiger partial charge in [0.25, 0.3) is 0 Å². The predicted octanol–water partition coefficient (Wildman–Crippen LogP) is 3.36. The van der Waals surface area contributed by atoms with Gasteiger partial charge in [-0.1, -0.05) is 18.2 Å². The van der Waals surface area contributed by atoms with E-state index < -0.39 is 5.97 Å². The number of carboxylic acids is 1. The van der Waals surface area contributed by atoms with Gasteiger partial charge in [-0.3, -0.25) is 4.79 Å². The molecule has 0 atom stereocenters. The molecular formula is C19H21NO5. The van der Waals surface area contributed by atoms with Crippen molar-refractivity contribution in [3.05, 3.63) is 53.6 Å². The van der Waals surface area contributed by atoms with E-state index in [4.69, 9.17) is 14.6 Å². The largest absolute Gasteiger partial charge is 0.496 e. The number of carbonyl (C=O) groups is 2. The smallest absolute Gasteiger partial charge is 0.339 e. The first-order chi connectivity index (χ1) is 11.9. The van der Waals surface area contributed by atoms with Gasteiger partial charge < -0.3 is 19.9 Å².